The number of aromatic carboxylic acids is 1. The topological polar surface area (TPSA) is 118 Å². The molecule has 0 fully saturated rings. The molecule has 1 atom stereocenters. The van der Waals surface area contributed by atoms with Crippen LogP contribution in [0.5, 0.6) is 0 Å². The monoisotopic (exact) mass is 511 g/mol. The summed E-state index contributed by atoms with van der Waals surface area (Å²) in [6.07, 6.45) is 1.69. The molecular weight excluding hydrogens is 486 g/mol. The van der Waals surface area contributed by atoms with E-state index >= 15 is 0 Å². The van der Waals surface area contributed by atoms with Gasteiger partial charge in [0.15, 0.2) is 5.69 Å². The van der Waals surface area contributed by atoms with E-state index in [4.69, 9.17) is 9.84 Å². The molecule has 0 aliphatic heterocycles. The number of benzene rings is 2. The van der Waals surface area contributed by atoms with E-state index in [1.807, 2.05) is 42.7 Å². The second-order valence-electron chi connectivity index (χ2n) is 7.95. The lowest BCUT2D eigenvalue weighted by molar-refractivity contribution is -0.123. The van der Waals surface area contributed by atoms with Crippen LogP contribution in [0.3, 0.4) is 0 Å². The number of thioether (sulfide) groups is 1. The SMILES string of the molecule is CSCCC(NC(=O)OCC1c2ccccc2-c2ccccc21)C(=O)NCc1nc(C(=O)O)cs1. The Bertz CT molecular complexity index is 1180. The smallest absolute Gasteiger partial charge is 0.407 e. The number of carboxylic acids is 1. The molecular formula is C25H25N3O5S2. The van der Waals surface area contributed by atoms with Crippen molar-refractivity contribution in [2.24, 2.45) is 0 Å². The molecule has 0 spiro atoms. The lowest BCUT2D eigenvalue weighted by Gasteiger charge is -2.19. The van der Waals surface area contributed by atoms with E-state index in [1.165, 1.54) is 5.38 Å². The molecule has 3 N–H and O–H groups in total. The number of hydrogen-bond donors (Lipinski definition) is 3. The average molecular weight is 512 g/mol. The standard InChI is InChI=1S/C25H25N3O5S2/c1-34-11-10-20(23(29)26-12-22-27-21(14-35-22)24(30)31)28-25(32)33-13-19-17-8-4-2-6-15(17)16-7-3-5-9-18(16)19/h2-9,14,19-20H,10-13H2,1H3,(H,26,29)(H,28,32)(H,30,31). The highest BCUT2D eigenvalue weighted by molar-refractivity contribution is 7.98. The van der Waals surface area contributed by atoms with Gasteiger partial charge in [-0.2, -0.15) is 11.8 Å². The zero-order valence-corrected chi connectivity index (χ0v) is 20.7. The second kappa shape index (κ2) is 11.4. The normalized spacial score (nSPS) is 12.9. The Labute approximate surface area is 211 Å². The highest BCUT2D eigenvalue weighted by atomic mass is 32.2. The van der Waals surface area contributed by atoms with Gasteiger partial charge in [0.25, 0.3) is 0 Å². The summed E-state index contributed by atoms with van der Waals surface area (Å²) in [5.74, 6) is -0.893. The number of carbonyl (C=O) groups excluding carboxylic acids is 2. The van der Waals surface area contributed by atoms with E-state index in [0.29, 0.717) is 17.2 Å². The van der Waals surface area contributed by atoms with Crippen LogP contribution in [0.1, 0.15) is 39.0 Å². The third kappa shape index (κ3) is 5.83. The zero-order chi connectivity index (χ0) is 24.8. The van der Waals surface area contributed by atoms with Crippen molar-refractivity contribution in [1.82, 2.24) is 15.6 Å². The van der Waals surface area contributed by atoms with E-state index in [9.17, 15) is 14.4 Å². The van der Waals surface area contributed by atoms with E-state index in [0.717, 1.165) is 33.6 Å². The third-order valence-electron chi connectivity index (χ3n) is 5.75. The Hall–Kier alpha value is -3.37. The first-order valence-electron chi connectivity index (χ1n) is 11.0. The number of alkyl carbamates (subject to hydrolysis) is 1. The van der Waals surface area contributed by atoms with Crippen LogP contribution >= 0.6 is 23.1 Å². The van der Waals surface area contributed by atoms with Crippen LogP contribution in [-0.2, 0) is 16.1 Å². The van der Waals surface area contributed by atoms with Gasteiger partial charge in [-0.1, -0.05) is 48.5 Å². The molecule has 0 saturated heterocycles. The van der Waals surface area contributed by atoms with Gasteiger partial charge in [0.2, 0.25) is 5.91 Å². The third-order valence-corrected chi connectivity index (χ3v) is 7.24. The molecule has 1 heterocycles. The molecule has 1 unspecified atom stereocenters. The van der Waals surface area contributed by atoms with E-state index in [-0.39, 0.29) is 30.7 Å². The Balaban J connectivity index is 1.36. The average Bonchev–Trinajstić information content (AvgIpc) is 3.47. The number of thiazole rings is 1. The maximum atomic E-state index is 12.8. The number of nitrogens with one attached hydrogen (secondary N) is 2. The largest absolute Gasteiger partial charge is 0.476 e. The molecule has 3 aromatic rings. The fraction of sp³-hybridized carbons (Fsp3) is 0.280. The number of hydrogen-bond acceptors (Lipinski definition) is 7. The van der Waals surface area contributed by atoms with Gasteiger partial charge in [0.1, 0.15) is 17.7 Å². The Morgan fingerprint density at radius 1 is 1.11 bits per heavy atom. The summed E-state index contributed by atoms with van der Waals surface area (Å²) < 4.78 is 5.58. The highest BCUT2D eigenvalue weighted by Gasteiger charge is 2.29. The van der Waals surface area contributed by atoms with Gasteiger partial charge in [0.05, 0.1) is 6.54 Å². The molecule has 4 rings (SSSR count). The highest BCUT2D eigenvalue weighted by Crippen LogP contribution is 2.44. The van der Waals surface area contributed by atoms with Crippen LogP contribution in [0, 0.1) is 0 Å². The maximum absolute atomic E-state index is 12.8. The summed E-state index contributed by atoms with van der Waals surface area (Å²) in [5.41, 5.74) is 4.45. The lowest BCUT2D eigenvalue weighted by atomic mass is 9.98. The first kappa shape index (κ1) is 24.7. The molecule has 1 aromatic heterocycles. The first-order valence-corrected chi connectivity index (χ1v) is 13.3. The van der Waals surface area contributed by atoms with Gasteiger partial charge >= 0.3 is 12.1 Å². The zero-order valence-electron chi connectivity index (χ0n) is 19.0. The number of carboxylic acid groups (broad SMARTS) is 1. The predicted molar refractivity (Wildman–Crippen MR) is 136 cm³/mol. The van der Waals surface area contributed by atoms with Crippen LogP contribution in [0.15, 0.2) is 53.9 Å². The fourth-order valence-corrected chi connectivity index (χ4v) is 5.24. The van der Waals surface area contributed by atoms with Crippen LogP contribution in [0.25, 0.3) is 11.1 Å². The minimum Gasteiger partial charge on any atom is -0.476 e. The van der Waals surface area contributed by atoms with Crippen molar-refractivity contribution in [3.8, 4) is 11.1 Å². The van der Waals surface area contributed by atoms with Crippen molar-refractivity contribution >= 4 is 41.1 Å². The number of aromatic nitrogens is 1. The van der Waals surface area contributed by atoms with Gasteiger partial charge in [0, 0.05) is 11.3 Å². The quantitative estimate of drug-likeness (QED) is 0.375. The molecule has 0 radical (unpaired) electrons. The molecule has 0 saturated carbocycles. The van der Waals surface area contributed by atoms with Crippen LogP contribution in [0.4, 0.5) is 4.79 Å². The molecule has 35 heavy (non-hydrogen) atoms. The van der Waals surface area contributed by atoms with E-state index in [2.05, 4.69) is 27.8 Å². The predicted octanol–water partition coefficient (Wildman–Crippen LogP) is 4.12. The van der Waals surface area contributed by atoms with Gasteiger partial charge in [-0.25, -0.2) is 14.6 Å². The summed E-state index contributed by atoms with van der Waals surface area (Å²) in [6.45, 7) is 0.243. The number of amides is 2. The van der Waals surface area contributed by atoms with Crippen molar-refractivity contribution in [2.45, 2.75) is 24.9 Å². The summed E-state index contributed by atoms with van der Waals surface area (Å²) >= 11 is 2.72. The van der Waals surface area contributed by atoms with Crippen molar-refractivity contribution in [3.63, 3.8) is 0 Å². The van der Waals surface area contributed by atoms with Crippen molar-refractivity contribution in [3.05, 3.63) is 75.7 Å². The van der Waals surface area contributed by atoms with Crippen LogP contribution in [0.2, 0.25) is 0 Å². The molecule has 0 bridgehead atoms. The summed E-state index contributed by atoms with van der Waals surface area (Å²) in [7, 11) is 0. The number of fused-ring (bicyclic) bond motifs is 3. The molecule has 182 valence electrons. The molecule has 10 heteroatoms. The van der Waals surface area contributed by atoms with Gasteiger partial charge in [-0.15, -0.1) is 11.3 Å². The van der Waals surface area contributed by atoms with Crippen molar-refractivity contribution < 1.29 is 24.2 Å². The number of rotatable bonds is 10. The van der Waals surface area contributed by atoms with Crippen molar-refractivity contribution in [2.75, 3.05) is 18.6 Å². The van der Waals surface area contributed by atoms with Gasteiger partial charge in [-0.3, -0.25) is 4.79 Å². The summed E-state index contributed by atoms with van der Waals surface area (Å²) in [6, 6.07) is 15.4. The summed E-state index contributed by atoms with van der Waals surface area (Å²) in [4.78, 5) is 40.4. The van der Waals surface area contributed by atoms with Gasteiger partial charge in [-0.05, 0) is 40.7 Å². The second-order valence-corrected chi connectivity index (χ2v) is 9.88. The Morgan fingerprint density at radius 2 is 1.77 bits per heavy atom. The summed E-state index contributed by atoms with van der Waals surface area (Å²) in [5, 5.41) is 16.3. The molecule has 8 nitrogen and oxygen atoms in total. The molecule has 2 amide bonds. The van der Waals surface area contributed by atoms with Gasteiger partial charge < -0.3 is 20.5 Å². The van der Waals surface area contributed by atoms with Crippen LogP contribution < -0.4 is 10.6 Å². The van der Waals surface area contributed by atoms with E-state index in [1.54, 1.807) is 11.8 Å². The first-order chi connectivity index (χ1) is 17.0. The Morgan fingerprint density at radius 3 is 2.37 bits per heavy atom. The maximum Gasteiger partial charge on any atom is 0.407 e. The minimum atomic E-state index is -1.12. The van der Waals surface area contributed by atoms with Crippen molar-refractivity contribution in [1.29, 1.82) is 0 Å². The van der Waals surface area contributed by atoms with Crippen LogP contribution in [-0.4, -0.2) is 52.7 Å². The minimum absolute atomic E-state index is 0.0602. The van der Waals surface area contributed by atoms with E-state index < -0.39 is 18.1 Å². The molecule has 1 aliphatic carbocycles. The lowest BCUT2D eigenvalue weighted by Crippen LogP contribution is -2.47. The fourth-order valence-electron chi connectivity index (χ4n) is 4.06. The number of ether oxygens (including phenoxy) is 1. The number of nitrogens with zero attached hydrogens (tertiary/aromatic N) is 1. The Kier molecular flexibility index (Phi) is 8.04. The molecule has 1 aliphatic rings. The number of carbonyl (C=O) groups is 3. The molecule has 2 aromatic carbocycles.